The molecule has 0 spiro atoms. The Hall–Kier alpha value is -2.46. The van der Waals surface area contributed by atoms with Crippen LogP contribution in [0.5, 0.6) is 0 Å². The zero-order chi connectivity index (χ0) is 16.6. The lowest BCUT2D eigenvalue weighted by Crippen LogP contribution is -2.31. The van der Waals surface area contributed by atoms with Crippen LogP contribution < -0.4 is 0 Å². The third kappa shape index (κ3) is 2.66. The van der Waals surface area contributed by atoms with E-state index < -0.39 is 24.2 Å². The lowest BCUT2D eigenvalue weighted by atomic mass is 10.1. The molecule has 3 nitrogen and oxygen atoms in total. The maximum absolute atomic E-state index is 14.6. The second-order valence-electron chi connectivity index (χ2n) is 5.25. The molecule has 116 valence electrons. The molecular weight excluding hydrogens is 317 g/mol. The molecule has 0 bridgehead atoms. The van der Waals surface area contributed by atoms with Crippen LogP contribution >= 0.6 is 11.6 Å². The molecule has 1 aliphatic rings. The minimum atomic E-state index is -0.562. The Balaban J connectivity index is 1.91. The van der Waals surface area contributed by atoms with Gasteiger partial charge >= 0.3 is 0 Å². The molecule has 2 amide bonds. The summed E-state index contributed by atoms with van der Waals surface area (Å²) in [5, 5.41) is 0.419. The molecule has 0 aliphatic carbocycles. The van der Waals surface area contributed by atoms with Gasteiger partial charge in [0.2, 0.25) is 0 Å². The molecule has 0 fully saturated rings. The number of nitrogens with zero attached hydrogens (tertiary/aromatic N) is 1. The highest BCUT2D eigenvalue weighted by Crippen LogP contribution is 2.29. The number of hydrogen-bond donors (Lipinski definition) is 0. The average molecular weight is 330 g/mol. The van der Waals surface area contributed by atoms with Crippen molar-refractivity contribution in [2.45, 2.75) is 6.92 Å². The molecule has 0 saturated carbocycles. The van der Waals surface area contributed by atoms with Gasteiger partial charge in [-0.25, -0.2) is 4.39 Å². The van der Waals surface area contributed by atoms with E-state index >= 15 is 0 Å². The van der Waals surface area contributed by atoms with Crippen LogP contribution in [0.3, 0.4) is 0 Å². The summed E-state index contributed by atoms with van der Waals surface area (Å²) in [5.41, 5.74) is 1.47. The van der Waals surface area contributed by atoms with E-state index in [1.54, 1.807) is 55.5 Å². The molecule has 0 radical (unpaired) electrons. The predicted octanol–water partition coefficient (Wildman–Crippen LogP) is 4.34. The van der Waals surface area contributed by atoms with Crippen molar-refractivity contribution in [1.29, 1.82) is 0 Å². The number of hydrogen-bond acceptors (Lipinski definition) is 2. The van der Waals surface area contributed by atoms with Crippen LogP contribution in [-0.2, 0) is 0 Å². The number of carbonyl (C=O) groups is 2. The predicted molar refractivity (Wildman–Crippen MR) is 87.0 cm³/mol. The zero-order valence-corrected chi connectivity index (χ0v) is 13.1. The monoisotopic (exact) mass is 329 g/mol. The van der Waals surface area contributed by atoms with Gasteiger partial charge in [-0.05, 0) is 36.3 Å². The van der Waals surface area contributed by atoms with E-state index in [-0.39, 0.29) is 0 Å². The summed E-state index contributed by atoms with van der Waals surface area (Å²) in [6, 6.07) is 13.3. The van der Waals surface area contributed by atoms with Crippen LogP contribution in [-0.4, -0.2) is 23.3 Å². The van der Waals surface area contributed by atoms with E-state index in [2.05, 4.69) is 0 Å². The lowest BCUT2D eigenvalue weighted by Gasteiger charge is -2.14. The van der Waals surface area contributed by atoms with Crippen molar-refractivity contribution in [3.05, 3.63) is 76.1 Å². The topological polar surface area (TPSA) is 37.4 Å². The molecule has 0 atom stereocenters. The number of allylic oxidation sites excluding steroid dienone is 1. The molecule has 1 heterocycles. The summed E-state index contributed by atoms with van der Waals surface area (Å²) >= 11 is 6.06. The molecule has 3 rings (SSSR count). The maximum Gasteiger partial charge on any atom is 0.261 e. The van der Waals surface area contributed by atoms with E-state index in [0.29, 0.717) is 27.3 Å². The number of benzene rings is 2. The Kier molecular flexibility index (Phi) is 4.01. The van der Waals surface area contributed by atoms with Gasteiger partial charge in [0, 0.05) is 5.02 Å². The number of carbonyl (C=O) groups excluding carboxylic acids is 2. The van der Waals surface area contributed by atoms with Crippen LogP contribution in [0.15, 0.2) is 54.4 Å². The van der Waals surface area contributed by atoms with Crippen LogP contribution in [0.4, 0.5) is 4.39 Å². The molecule has 2 aromatic carbocycles. The Morgan fingerprint density at radius 1 is 1.00 bits per heavy atom. The summed E-state index contributed by atoms with van der Waals surface area (Å²) < 4.78 is 14.6. The fourth-order valence-electron chi connectivity index (χ4n) is 2.55. The third-order valence-electron chi connectivity index (χ3n) is 3.86. The van der Waals surface area contributed by atoms with Gasteiger partial charge in [0.25, 0.3) is 11.8 Å². The summed E-state index contributed by atoms with van der Waals surface area (Å²) in [6.07, 6.45) is 0. The molecule has 0 aromatic heterocycles. The first-order valence-corrected chi connectivity index (χ1v) is 7.44. The van der Waals surface area contributed by atoms with E-state index in [1.807, 2.05) is 0 Å². The highest BCUT2D eigenvalue weighted by atomic mass is 35.5. The van der Waals surface area contributed by atoms with Crippen LogP contribution in [0.2, 0.25) is 5.02 Å². The first-order chi connectivity index (χ1) is 11.0. The number of fused-ring (bicyclic) bond motifs is 1. The first kappa shape index (κ1) is 15.4. The Labute approximate surface area is 138 Å². The largest absolute Gasteiger partial charge is 0.269 e. The number of halogens is 2. The summed E-state index contributed by atoms with van der Waals surface area (Å²) in [4.78, 5) is 25.4. The summed E-state index contributed by atoms with van der Waals surface area (Å²) in [7, 11) is 0. The van der Waals surface area contributed by atoms with Crippen molar-refractivity contribution in [2.75, 3.05) is 6.54 Å². The zero-order valence-electron chi connectivity index (χ0n) is 12.3. The van der Waals surface area contributed by atoms with E-state index in [9.17, 15) is 14.0 Å². The van der Waals surface area contributed by atoms with Gasteiger partial charge in [0.05, 0.1) is 17.7 Å². The molecule has 1 aliphatic heterocycles. The van der Waals surface area contributed by atoms with Gasteiger partial charge in [-0.15, -0.1) is 0 Å². The first-order valence-electron chi connectivity index (χ1n) is 7.06. The van der Waals surface area contributed by atoms with Crippen molar-refractivity contribution in [2.24, 2.45) is 0 Å². The highest BCUT2D eigenvalue weighted by Gasteiger charge is 2.35. The van der Waals surface area contributed by atoms with Gasteiger partial charge in [0.15, 0.2) is 0 Å². The minimum Gasteiger partial charge on any atom is -0.269 e. The van der Waals surface area contributed by atoms with Crippen molar-refractivity contribution in [1.82, 2.24) is 4.90 Å². The minimum absolute atomic E-state index is 0.306. The number of amides is 2. The quantitative estimate of drug-likeness (QED) is 0.786. The SMILES string of the molecule is C/C(=C(/F)CN1C(=O)c2ccccc2C1=O)c1ccccc1Cl. The summed E-state index contributed by atoms with van der Waals surface area (Å²) in [5.74, 6) is -1.52. The van der Waals surface area contributed by atoms with Crippen LogP contribution in [0.25, 0.3) is 5.57 Å². The van der Waals surface area contributed by atoms with Crippen molar-refractivity contribution in [3.8, 4) is 0 Å². The highest BCUT2D eigenvalue weighted by molar-refractivity contribution is 6.32. The fraction of sp³-hybridized carbons (Fsp3) is 0.111. The second kappa shape index (κ2) is 5.97. The lowest BCUT2D eigenvalue weighted by molar-refractivity contribution is 0.0660. The molecule has 0 saturated heterocycles. The Bertz CT molecular complexity index is 809. The van der Waals surface area contributed by atoms with Crippen molar-refractivity contribution in [3.63, 3.8) is 0 Å². The molecule has 2 aromatic rings. The van der Waals surface area contributed by atoms with Crippen LogP contribution in [0.1, 0.15) is 33.2 Å². The normalized spacial score (nSPS) is 14.8. The van der Waals surface area contributed by atoms with E-state index in [4.69, 9.17) is 11.6 Å². The van der Waals surface area contributed by atoms with Crippen molar-refractivity contribution >= 4 is 29.0 Å². The average Bonchev–Trinajstić information content (AvgIpc) is 2.80. The molecule has 0 unspecified atom stereocenters. The second-order valence-corrected chi connectivity index (χ2v) is 5.66. The van der Waals surface area contributed by atoms with Gasteiger partial charge in [0.1, 0.15) is 5.83 Å². The van der Waals surface area contributed by atoms with Crippen LogP contribution in [0, 0.1) is 0 Å². The standard InChI is InChI=1S/C18H13ClFNO2/c1-11(12-6-4-5-9-15(12)19)16(20)10-21-17(22)13-7-2-3-8-14(13)18(21)23/h2-9H,10H2,1H3/b16-11-. The van der Waals surface area contributed by atoms with Gasteiger partial charge < -0.3 is 0 Å². The molecule has 5 heteroatoms. The number of rotatable bonds is 3. The molecular formula is C18H13ClFNO2. The smallest absolute Gasteiger partial charge is 0.261 e. The van der Waals surface area contributed by atoms with Gasteiger partial charge in [-0.1, -0.05) is 41.9 Å². The van der Waals surface area contributed by atoms with E-state index in [0.717, 1.165) is 4.90 Å². The van der Waals surface area contributed by atoms with Crippen molar-refractivity contribution < 1.29 is 14.0 Å². The Morgan fingerprint density at radius 3 is 2.09 bits per heavy atom. The maximum atomic E-state index is 14.6. The third-order valence-corrected chi connectivity index (χ3v) is 4.19. The molecule has 23 heavy (non-hydrogen) atoms. The van der Waals surface area contributed by atoms with E-state index in [1.165, 1.54) is 0 Å². The summed E-state index contributed by atoms with van der Waals surface area (Å²) in [6.45, 7) is 1.18. The Morgan fingerprint density at radius 2 is 1.52 bits per heavy atom. The van der Waals surface area contributed by atoms with Gasteiger partial charge in [-0.2, -0.15) is 0 Å². The fourth-order valence-corrected chi connectivity index (χ4v) is 2.83. The molecule has 0 N–H and O–H groups in total. The number of imide groups is 1. The van der Waals surface area contributed by atoms with Gasteiger partial charge in [-0.3, -0.25) is 14.5 Å².